The van der Waals surface area contributed by atoms with Crippen LogP contribution in [0.15, 0.2) is 59.5 Å². The molecule has 0 amide bonds. The average molecular weight is 262 g/mol. The molecule has 0 aliphatic carbocycles. The third-order valence-corrected chi connectivity index (χ3v) is 3.59. The number of aldehydes is 1. The first-order valence-corrected chi connectivity index (χ1v) is 6.58. The molecule has 0 aliphatic rings. The van der Waals surface area contributed by atoms with E-state index in [1.165, 1.54) is 30.3 Å². The van der Waals surface area contributed by atoms with Gasteiger partial charge in [-0.2, -0.15) is 8.42 Å². The van der Waals surface area contributed by atoms with Crippen LogP contribution >= 0.6 is 0 Å². The second-order valence-electron chi connectivity index (χ2n) is 3.51. The summed E-state index contributed by atoms with van der Waals surface area (Å²) in [5.74, 6) is 0.207. The number of benzene rings is 2. The van der Waals surface area contributed by atoms with Crippen LogP contribution in [0.1, 0.15) is 10.4 Å². The minimum atomic E-state index is -3.99. The fourth-order valence-electron chi connectivity index (χ4n) is 1.45. The van der Waals surface area contributed by atoms with Crippen LogP contribution in [0.5, 0.6) is 5.75 Å². The molecule has 0 bridgehead atoms. The first-order chi connectivity index (χ1) is 8.63. The molecule has 92 valence electrons. The zero-order chi connectivity index (χ0) is 13.0. The lowest BCUT2D eigenvalue weighted by Gasteiger charge is -2.08. The molecule has 0 radical (unpaired) electrons. The maximum atomic E-state index is 12.0. The fraction of sp³-hybridized carbons (Fsp3) is 0. The highest BCUT2D eigenvalue weighted by molar-refractivity contribution is 7.87. The van der Waals surface area contributed by atoms with E-state index >= 15 is 0 Å². The molecule has 0 unspecified atom stereocenters. The number of para-hydroxylation sites is 1. The van der Waals surface area contributed by atoms with Crippen molar-refractivity contribution in [3.63, 3.8) is 0 Å². The van der Waals surface area contributed by atoms with Crippen LogP contribution in [0.3, 0.4) is 0 Å². The van der Waals surface area contributed by atoms with Crippen molar-refractivity contribution < 1.29 is 17.4 Å². The monoisotopic (exact) mass is 262 g/mol. The highest BCUT2D eigenvalue weighted by atomic mass is 32.2. The summed E-state index contributed by atoms with van der Waals surface area (Å²) in [6.45, 7) is 0. The average Bonchev–Trinajstić information content (AvgIpc) is 2.39. The van der Waals surface area contributed by atoms with E-state index in [4.69, 9.17) is 4.18 Å². The highest BCUT2D eigenvalue weighted by Crippen LogP contribution is 2.20. The van der Waals surface area contributed by atoms with Crippen molar-refractivity contribution in [2.75, 3.05) is 0 Å². The second-order valence-corrected chi connectivity index (χ2v) is 5.02. The highest BCUT2D eigenvalue weighted by Gasteiger charge is 2.19. The largest absolute Gasteiger partial charge is 0.379 e. The Bertz CT molecular complexity index is 648. The molecular formula is C13H10O4S. The van der Waals surface area contributed by atoms with Crippen LogP contribution in [0, 0.1) is 0 Å². The van der Waals surface area contributed by atoms with Gasteiger partial charge in [-0.3, -0.25) is 4.79 Å². The van der Waals surface area contributed by atoms with Gasteiger partial charge in [0.25, 0.3) is 0 Å². The Labute approximate surface area is 105 Å². The van der Waals surface area contributed by atoms with E-state index in [1.54, 1.807) is 24.3 Å². The van der Waals surface area contributed by atoms with E-state index < -0.39 is 10.1 Å². The molecular weight excluding hydrogens is 252 g/mol. The summed E-state index contributed by atoms with van der Waals surface area (Å²) in [5, 5.41) is 0. The predicted octanol–water partition coefficient (Wildman–Crippen LogP) is 2.27. The van der Waals surface area contributed by atoms with E-state index in [1.807, 2.05) is 0 Å². The van der Waals surface area contributed by atoms with Crippen molar-refractivity contribution in [3.8, 4) is 5.75 Å². The normalized spacial score (nSPS) is 10.9. The van der Waals surface area contributed by atoms with E-state index in [0.717, 1.165) is 0 Å². The Morgan fingerprint density at radius 1 is 0.889 bits per heavy atom. The van der Waals surface area contributed by atoms with Crippen molar-refractivity contribution >= 4 is 16.4 Å². The quantitative estimate of drug-likeness (QED) is 0.626. The van der Waals surface area contributed by atoms with Gasteiger partial charge in [-0.05, 0) is 18.2 Å². The smallest absolute Gasteiger partial charge is 0.339 e. The van der Waals surface area contributed by atoms with Crippen LogP contribution < -0.4 is 4.18 Å². The van der Waals surface area contributed by atoms with Crippen molar-refractivity contribution in [1.29, 1.82) is 0 Å². The van der Waals surface area contributed by atoms with Crippen molar-refractivity contribution in [2.24, 2.45) is 0 Å². The van der Waals surface area contributed by atoms with Crippen molar-refractivity contribution in [1.82, 2.24) is 0 Å². The van der Waals surface area contributed by atoms with Crippen LogP contribution in [-0.4, -0.2) is 14.7 Å². The van der Waals surface area contributed by atoms with E-state index in [9.17, 15) is 13.2 Å². The lowest BCUT2D eigenvalue weighted by molar-refractivity contribution is 0.112. The lowest BCUT2D eigenvalue weighted by Crippen LogP contribution is -2.11. The summed E-state index contributed by atoms with van der Waals surface area (Å²) < 4.78 is 28.9. The Hall–Kier alpha value is -2.14. The van der Waals surface area contributed by atoms with Crippen LogP contribution in [0.2, 0.25) is 0 Å². The number of hydrogen-bond acceptors (Lipinski definition) is 4. The minimum absolute atomic E-state index is 0.0773. The maximum Gasteiger partial charge on any atom is 0.339 e. The number of carbonyl (C=O) groups is 1. The van der Waals surface area contributed by atoms with Crippen molar-refractivity contribution in [3.05, 3.63) is 60.2 Å². The second kappa shape index (κ2) is 5.01. The summed E-state index contributed by atoms with van der Waals surface area (Å²) in [5.41, 5.74) is 0.0773. The standard InChI is InChI=1S/C13H10O4S/c14-10-11-6-4-5-9-13(11)18(15,16)17-12-7-2-1-3-8-12/h1-10H. The van der Waals surface area contributed by atoms with Gasteiger partial charge < -0.3 is 4.18 Å². The predicted molar refractivity (Wildman–Crippen MR) is 66.1 cm³/mol. The Morgan fingerprint density at radius 3 is 2.17 bits per heavy atom. The summed E-state index contributed by atoms with van der Waals surface area (Å²) in [4.78, 5) is 10.7. The summed E-state index contributed by atoms with van der Waals surface area (Å²) in [6, 6.07) is 14.0. The molecule has 2 aromatic carbocycles. The molecule has 2 aromatic rings. The Kier molecular flexibility index (Phi) is 3.43. The van der Waals surface area contributed by atoms with Gasteiger partial charge in [0.2, 0.25) is 0 Å². The molecule has 5 heteroatoms. The molecule has 18 heavy (non-hydrogen) atoms. The minimum Gasteiger partial charge on any atom is -0.379 e. The SMILES string of the molecule is O=Cc1ccccc1S(=O)(=O)Oc1ccccc1. The number of carbonyl (C=O) groups excluding carboxylic acids is 1. The van der Waals surface area contributed by atoms with Crippen LogP contribution in [0.25, 0.3) is 0 Å². The Morgan fingerprint density at radius 2 is 1.50 bits per heavy atom. The zero-order valence-corrected chi connectivity index (χ0v) is 10.1. The van der Waals surface area contributed by atoms with Gasteiger partial charge >= 0.3 is 10.1 Å². The van der Waals surface area contributed by atoms with E-state index in [-0.39, 0.29) is 16.2 Å². The summed E-state index contributed by atoms with van der Waals surface area (Å²) in [7, 11) is -3.99. The zero-order valence-electron chi connectivity index (χ0n) is 9.31. The van der Waals surface area contributed by atoms with Gasteiger partial charge in [-0.25, -0.2) is 0 Å². The first kappa shape index (κ1) is 12.3. The first-order valence-electron chi connectivity index (χ1n) is 5.17. The molecule has 0 fully saturated rings. The lowest BCUT2D eigenvalue weighted by atomic mass is 10.2. The van der Waals surface area contributed by atoms with Crippen LogP contribution in [0.4, 0.5) is 0 Å². The van der Waals surface area contributed by atoms with Gasteiger partial charge in [-0.1, -0.05) is 36.4 Å². The van der Waals surface area contributed by atoms with Crippen molar-refractivity contribution in [2.45, 2.75) is 4.90 Å². The number of rotatable bonds is 4. The third-order valence-electron chi connectivity index (χ3n) is 2.26. The fourth-order valence-corrected chi connectivity index (χ4v) is 2.56. The Balaban J connectivity index is 2.40. The molecule has 0 saturated carbocycles. The summed E-state index contributed by atoms with van der Waals surface area (Å²) in [6.07, 6.45) is 0.487. The van der Waals surface area contributed by atoms with Gasteiger partial charge in [0.15, 0.2) is 6.29 Å². The molecule has 0 spiro atoms. The molecule has 0 aliphatic heterocycles. The van der Waals surface area contributed by atoms with Gasteiger partial charge in [0.05, 0.1) is 0 Å². The molecule has 0 aromatic heterocycles. The molecule has 0 N–H and O–H groups in total. The van der Waals surface area contributed by atoms with E-state index in [2.05, 4.69) is 0 Å². The molecule has 0 atom stereocenters. The molecule has 2 rings (SSSR count). The van der Waals surface area contributed by atoms with Gasteiger partial charge in [0.1, 0.15) is 10.6 Å². The molecule has 0 heterocycles. The molecule has 0 saturated heterocycles. The maximum absolute atomic E-state index is 12.0. The summed E-state index contributed by atoms with van der Waals surface area (Å²) >= 11 is 0. The van der Waals surface area contributed by atoms with E-state index in [0.29, 0.717) is 6.29 Å². The number of hydrogen-bond donors (Lipinski definition) is 0. The molecule has 4 nitrogen and oxygen atoms in total. The van der Waals surface area contributed by atoms with Crippen LogP contribution in [-0.2, 0) is 10.1 Å². The topological polar surface area (TPSA) is 60.4 Å². The third kappa shape index (κ3) is 2.57. The van der Waals surface area contributed by atoms with Gasteiger partial charge in [-0.15, -0.1) is 0 Å². The van der Waals surface area contributed by atoms with Gasteiger partial charge in [0, 0.05) is 5.56 Å².